The van der Waals surface area contributed by atoms with E-state index in [0.29, 0.717) is 5.92 Å². The van der Waals surface area contributed by atoms with Gasteiger partial charge in [0.25, 0.3) is 0 Å². The summed E-state index contributed by atoms with van der Waals surface area (Å²) in [5.41, 5.74) is 3.88. The first-order valence-electron chi connectivity index (χ1n) is 5.64. The molecular weight excluding hydrogens is 232 g/mol. The lowest BCUT2D eigenvalue weighted by atomic mass is 9.91. The standard InChI is InChI=1S/C14H14N2.ClH/c1-3-11(13-5-2-6-15-8-13)7-12(4-1)14-9-16-10-14;/h1-8,14,16H,9-10H2;1H. The van der Waals surface area contributed by atoms with E-state index in [0.717, 1.165) is 13.1 Å². The van der Waals surface area contributed by atoms with Gasteiger partial charge in [0.15, 0.2) is 0 Å². The van der Waals surface area contributed by atoms with E-state index in [1.165, 1.54) is 16.7 Å². The summed E-state index contributed by atoms with van der Waals surface area (Å²) in [6.07, 6.45) is 3.72. The number of pyridine rings is 1. The van der Waals surface area contributed by atoms with E-state index in [1.807, 2.05) is 18.5 Å². The van der Waals surface area contributed by atoms with E-state index in [1.54, 1.807) is 0 Å². The predicted octanol–water partition coefficient (Wildman–Crippen LogP) is 2.86. The normalized spacial score (nSPS) is 14.8. The van der Waals surface area contributed by atoms with Gasteiger partial charge in [0.05, 0.1) is 0 Å². The Hall–Kier alpha value is -1.38. The minimum atomic E-state index is 0. The molecule has 1 aliphatic rings. The lowest BCUT2D eigenvalue weighted by molar-refractivity contribution is 0.448. The van der Waals surface area contributed by atoms with Crippen molar-refractivity contribution in [2.45, 2.75) is 5.92 Å². The molecule has 0 saturated carbocycles. The fourth-order valence-electron chi connectivity index (χ4n) is 2.03. The molecule has 1 aromatic carbocycles. The number of hydrogen-bond donors (Lipinski definition) is 1. The third kappa shape index (κ3) is 2.48. The Morgan fingerprint density at radius 1 is 1.06 bits per heavy atom. The van der Waals surface area contributed by atoms with Crippen molar-refractivity contribution in [1.29, 1.82) is 0 Å². The van der Waals surface area contributed by atoms with Gasteiger partial charge in [0.2, 0.25) is 0 Å². The quantitative estimate of drug-likeness (QED) is 0.882. The SMILES string of the molecule is Cl.c1cncc(-c2cccc(C3CNC3)c2)c1. The van der Waals surface area contributed by atoms with E-state index in [2.05, 4.69) is 40.6 Å². The van der Waals surface area contributed by atoms with Crippen LogP contribution in [0.15, 0.2) is 48.8 Å². The molecule has 88 valence electrons. The van der Waals surface area contributed by atoms with Crippen LogP contribution >= 0.6 is 12.4 Å². The average Bonchev–Trinajstić information content (AvgIpc) is 2.28. The maximum atomic E-state index is 4.16. The van der Waals surface area contributed by atoms with E-state index in [9.17, 15) is 0 Å². The van der Waals surface area contributed by atoms with Crippen LogP contribution in [0.1, 0.15) is 11.5 Å². The molecule has 1 fully saturated rings. The summed E-state index contributed by atoms with van der Waals surface area (Å²) in [6.45, 7) is 2.22. The summed E-state index contributed by atoms with van der Waals surface area (Å²) in [5, 5.41) is 3.31. The number of nitrogens with one attached hydrogen (secondary N) is 1. The second-order valence-corrected chi connectivity index (χ2v) is 4.22. The average molecular weight is 247 g/mol. The molecule has 1 N–H and O–H groups in total. The molecule has 0 radical (unpaired) electrons. The van der Waals surface area contributed by atoms with Crippen molar-refractivity contribution >= 4 is 12.4 Å². The summed E-state index contributed by atoms with van der Waals surface area (Å²) in [6, 6.07) is 12.9. The van der Waals surface area contributed by atoms with Crippen LogP contribution in [-0.2, 0) is 0 Å². The van der Waals surface area contributed by atoms with Crippen LogP contribution in [0.25, 0.3) is 11.1 Å². The maximum Gasteiger partial charge on any atom is 0.0346 e. The van der Waals surface area contributed by atoms with E-state index in [-0.39, 0.29) is 12.4 Å². The molecule has 1 saturated heterocycles. The lowest BCUT2D eigenvalue weighted by Gasteiger charge is -2.27. The van der Waals surface area contributed by atoms with Crippen LogP contribution in [0, 0.1) is 0 Å². The van der Waals surface area contributed by atoms with Crippen LogP contribution in [-0.4, -0.2) is 18.1 Å². The van der Waals surface area contributed by atoms with Crippen molar-refractivity contribution in [3.8, 4) is 11.1 Å². The van der Waals surface area contributed by atoms with E-state index in [4.69, 9.17) is 0 Å². The predicted molar refractivity (Wildman–Crippen MR) is 72.5 cm³/mol. The molecule has 1 aliphatic heterocycles. The molecule has 0 aliphatic carbocycles. The fourth-order valence-corrected chi connectivity index (χ4v) is 2.03. The van der Waals surface area contributed by atoms with Crippen LogP contribution < -0.4 is 5.32 Å². The van der Waals surface area contributed by atoms with Crippen molar-refractivity contribution in [2.75, 3.05) is 13.1 Å². The highest BCUT2D eigenvalue weighted by molar-refractivity contribution is 5.85. The minimum Gasteiger partial charge on any atom is -0.315 e. The second-order valence-electron chi connectivity index (χ2n) is 4.22. The van der Waals surface area contributed by atoms with Gasteiger partial charge in [0, 0.05) is 31.4 Å². The van der Waals surface area contributed by atoms with Crippen LogP contribution in [0.2, 0.25) is 0 Å². The van der Waals surface area contributed by atoms with Crippen molar-refractivity contribution in [3.63, 3.8) is 0 Å². The monoisotopic (exact) mass is 246 g/mol. The van der Waals surface area contributed by atoms with E-state index < -0.39 is 0 Å². The molecule has 1 aromatic heterocycles. The molecular formula is C14H15ClN2. The van der Waals surface area contributed by atoms with Gasteiger partial charge in [0.1, 0.15) is 0 Å². The van der Waals surface area contributed by atoms with Crippen LogP contribution in [0.5, 0.6) is 0 Å². The molecule has 0 spiro atoms. The third-order valence-electron chi connectivity index (χ3n) is 3.13. The largest absolute Gasteiger partial charge is 0.315 e. The van der Waals surface area contributed by atoms with Crippen molar-refractivity contribution in [3.05, 3.63) is 54.4 Å². The summed E-state index contributed by atoms with van der Waals surface area (Å²) in [4.78, 5) is 4.16. The fraction of sp³-hybridized carbons (Fsp3) is 0.214. The van der Waals surface area contributed by atoms with Gasteiger partial charge in [-0.2, -0.15) is 0 Å². The minimum absolute atomic E-state index is 0. The molecule has 0 unspecified atom stereocenters. The highest BCUT2D eigenvalue weighted by Crippen LogP contribution is 2.25. The Morgan fingerprint density at radius 3 is 2.53 bits per heavy atom. The zero-order valence-corrected chi connectivity index (χ0v) is 10.3. The number of aromatic nitrogens is 1. The molecule has 3 heteroatoms. The first-order chi connectivity index (χ1) is 7.93. The van der Waals surface area contributed by atoms with Crippen molar-refractivity contribution < 1.29 is 0 Å². The van der Waals surface area contributed by atoms with Gasteiger partial charge in [-0.3, -0.25) is 4.98 Å². The topological polar surface area (TPSA) is 24.9 Å². The summed E-state index contributed by atoms with van der Waals surface area (Å²) < 4.78 is 0. The first kappa shape index (κ1) is 12.1. The molecule has 2 heterocycles. The highest BCUT2D eigenvalue weighted by Gasteiger charge is 2.18. The molecule has 17 heavy (non-hydrogen) atoms. The second kappa shape index (κ2) is 5.30. The maximum absolute atomic E-state index is 4.16. The van der Waals surface area contributed by atoms with Crippen LogP contribution in [0.3, 0.4) is 0 Å². The Bertz CT molecular complexity index is 481. The third-order valence-corrected chi connectivity index (χ3v) is 3.13. The molecule has 2 nitrogen and oxygen atoms in total. The Balaban J connectivity index is 0.00000108. The molecule has 3 rings (SSSR count). The van der Waals surface area contributed by atoms with Gasteiger partial charge in [-0.05, 0) is 22.8 Å². The van der Waals surface area contributed by atoms with Gasteiger partial charge in [-0.15, -0.1) is 12.4 Å². The summed E-state index contributed by atoms with van der Waals surface area (Å²) >= 11 is 0. The smallest absolute Gasteiger partial charge is 0.0346 e. The summed E-state index contributed by atoms with van der Waals surface area (Å²) in [5.74, 6) is 0.691. The van der Waals surface area contributed by atoms with Crippen molar-refractivity contribution in [1.82, 2.24) is 10.3 Å². The van der Waals surface area contributed by atoms with Gasteiger partial charge in [-0.1, -0.05) is 30.3 Å². The lowest BCUT2D eigenvalue weighted by Crippen LogP contribution is -2.39. The number of halogens is 1. The molecule has 0 atom stereocenters. The Morgan fingerprint density at radius 2 is 1.88 bits per heavy atom. The Labute approximate surface area is 108 Å². The van der Waals surface area contributed by atoms with Gasteiger partial charge in [-0.25, -0.2) is 0 Å². The zero-order valence-electron chi connectivity index (χ0n) is 9.47. The molecule has 2 aromatic rings. The summed E-state index contributed by atoms with van der Waals surface area (Å²) in [7, 11) is 0. The number of hydrogen-bond acceptors (Lipinski definition) is 2. The molecule has 0 bridgehead atoms. The first-order valence-corrected chi connectivity index (χ1v) is 5.64. The van der Waals surface area contributed by atoms with Crippen molar-refractivity contribution in [2.24, 2.45) is 0 Å². The van der Waals surface area contributed by atoms with Gasteiger partial charge >= 0.3 is 0 Å². The van der Waals surface area contributed by atoms with E-state index >= 15 is 0 Å². The Kier molecular flexibility index (Phi) is 3.77. The highest BCUT2D eigenvalue weighted by atomic mass is 35.5. The zero-order chi connectivity index (χ0) is 10.8. The molecule has 0 amide bonds. The number of nitrogens with zero attached hydrogens (tertiary/aromatic N) is 1. The van der Waals surface area contributed by atoms with Gasteiger partial charge < -0.3 is 5.32 Å². The number of benzene rings is 1. The van der Waals surface area contributed by atoms with Crippen LogP contribution in [0.4, 0.5) is 0 Å². The number of rotatable bonds is 2.